The first-order valence-electron chi connectivity index (χ1n) is 6.96. The van der Waals surface area contributed by atoms with Gasteiger partial charge in [0.2, 0.25) is 0 Å². The van der Waals surface area contributed by atoms with Crippen molar-refractivity contribution in [2.45, 2.75) is 32.6 Å². The molecular formula is C14H19N5O. The molecule has 0 bridgehead atoms. The number of piperazine rings is 1. The first-order chi connectivity index (χ1) is 9.66. The fraction of sp³-hybridized carbons (Fsp3) is 0.500. The van der Waals surface area contributed by atoms with Crippen LogP contribution in [0.25, 0.3) is 10.9 Å². The molecule has 1 aliphatic heterocycles. The van der Waals surface area contributed by atoms with E-state index in [-0.39, 0.29) is 5.56 Å². The van der Waals surface area contributed by atoms with Gasteiger partial charge in [-0.3, -0.25) is 9.69 Å². The number of nitrogens with one attached hydrogen (secondary N) is 1. The molecule has 1 aromatic carbocycles. The molecular weight excluding hydrogens is 254 g/mol. The van der Waals surface area contributed by atoms with Crippen molar-refractivity contribution >= 4 is 10.9 Å². The van der Waals surface area contributed by atoms with Crippen LogP contribution in [0.4, 0.5) is 0 Å². The first-order valence-corrected chi connectivity index (χ1v) is 6.96. The highest BCUT2D eigenvalue weighted by molar-refractivity contribution is 5.76. The van der Waals surface area contributed by atoms with Crippen LogP contribution in [0.5, 0.6) is 0 Å². The molecule has 6 heteroatoms. The summed E-state index contributed by atoms with van der Waals surface area (Å²) in [6.07, 6.45) is 0. The molecule has 1 N–H and O–H groups in total. The van der Waals surface area contributed by atoms with Gasteiger partial charge in [-0.15, -0.1) is 5.10 Å². The van der Waals surface area contributed by atoms with E-state index in [2.05, 4.69) is 34.4 Å². The molecule has 0 aliphatic carbocycles. The van der Waals surface area contributed by atoms with Gasteiger partial charge < -0.3 is 5.32 Å². The normalized spacial score (nSPS) is 24.1. The fourth-order valence-corrected chi connectivity index (χ4v) is 2.72. The van der Waals surface area contributed by atoms with Gasteiger partial charge in [0, 0.05) is 25.2 Å². The minimum absolute atomic E-state index is 0.0754. The highest BCUT2D eigenvalue weighted by Gasteiger charge is 2.25. The molecule has 0 spiro atoms. The Labute approximate surface area is 117 Å². The fourth-order valence-electron chi connectivity index (χ4n) is 2.72. The average molecular weight is 273 g/mol. The Balaban J connectivity index is 1.94. The zero-order chi connectivity index (χ0) is 14.1. The molecule has 1 fully saturated rings. The Kier molecular flexibility index (Phi) is 3.50. The Morgan fingerprint density at radius 3 is 2.70 bits per heavy atom. The van der Waals surface area contributed by atoms with E-state index in [4.69, 9.17) is 0 Å². The number of fused-ring (bicyclic) bond motifs is 1. The molecule has 3 rings (SSSR count). The highest BCUT2D eigenvalue weighted by atomic mass is 16.1. The number of rotatable bonds is 2. The lowest BCUT2D eigenvalue weighted by Crippen LogP contribution is -2.56. The van der Waals surface area contributed by atoms with Crippen molar-refractivity contribution in [1.29, 1.82) is 0 Å². The summed E-state index contributed by atoms with van der Waals surface area (Å²) in [5, 5.41) is 12.2. The van der Waals surface area contributed by atoms with Crippen LogP contribution in [-0.4, -0.2) is 45.1 Å². The van der Waals surface area contributed by atoms with E-state index < -0.39 is 0 Å². The predicted octanol–water partition coefficient (Wildman–Crippen LogP) is 0.431. The minimum Gasteiger partial charge on any atom is -0.314 e. The molecule has 6 nitrogen and oxygen atoms in total. The number of hydrogen-bond donors (Lipinski definition) is 1. The molecule has 0 radical (unpaired) electrons. The summed E-state index contributed by atoms with van der Waals surface area (Å²) in [7, 11) is 0. The lowest BCUT2D eigenvalue weighted by atomic mass is 10.1. The van der Waals surface area contributed by atoms with E-state index in [1.165, 1.54) is 4.68 Å². The van der Waals surface area contributed by atoms with Crippen molar-refractivity contribution in [3.05, 3.63) is 34.6 Å². The zero-order valence-electron chi connectivity index (χ0n) is 11.8. The smallest absolute Gasteiger partial charge is 0.278 e. The Hall–Kier alpha value is -1.79. The molecule has 2 heterocycles. The quantitative estimate of drug-likeness (QED) is 0.860. The van der Waals surface area contributed by atoms with Crippen LogP contribution in [0.2, 0.25) is 0 Å². The summed E-state index contributed by atoms with van der Waals surface area (Å²) in [4.78, 5) is 14.7. The van der Waals surface area contributed by atoms with Gasteiger partial charge in [0.15, 0.2) is 0 Å². The van der Waals surface area contributed by atoms with Crippen molar-refractivity contribution in [3.8, 4) is 0 Å². The Morgan fingerprint density at radius 2 is 1.95 bits per heavy atom. The Bertz CT molecular complexity index is 658. The van der Waals surface area contributed by atoms with E-state index in [1.807, 2.05) is 18.2 Å². The van der Waals surface area contributed by atoms with E-state index in [1.54, 1.807) is 6.07 Å². The summed E-state index contributed by atoms with van der Waals surface area (Å²) in [5.74, 6) is 0. The minimum atomic E-state index is -0.0754. The van der Waals surface area contributed by atoms with Gasteiger partial charge in [0.05, 0.1) is 12.1 Å². The van der Waals surface area contributed by atoms with Crippen LogP contribution in [0.3, 0.4) is 0 Å². The molecule has 0 saturated carbocycles. The zero-order valence-corrected chi connectivity index (χ0v) is 11.8. The van der Waals surface area contributed by atoms with Crippen molar-refractivity contribution < 1.29 is 0 Å². The number of nitrogens with zero attached hydrogens (tertiary/aromatic N) is 4. The molecule has 0 amide bonds. The van der Waals surface area contributed by atoms with Crippen LogP contribution in [-0.2, 0) is 6.67 Å². The third-order valence-corrected chi connectivity index (χ3v) is 3.94. The number of benzene rings is 1. The average Bonchev–Trinajstić information content (AvgIpc) is 2.45. The van der Waals surface area contributed by atoms with Crippen molar-refractivity contribution in [2.24, 2.45) is 0 Å². The maximum atomic E-state index is 12.4. The number of aromatic nitrogens is 3. The second-order valence-corrected chi connectivity index (χ2v) is 5.42. The van der Waals surface area contributed by atoms with Gasteiger partial charge in [0.25, 0.3) is 5.56 Å². The van der Waals surface area contributed by atoms with Gasteiger partial charge in [-0.2, -0.15) is 4.68 Å². The van der Waals surface area contributed by atoms with Gasteiger partial charge in [-0.25, -0.2) is 0 Å². The molecule has 1 aromatic heterocycles. The SMILES string of the molecule is CC1CNCC(C)N1Cn1nnc2ccccc2c1=O. The van der Waals surface area contributed by atoms with Crippen LogP contribution in [0.15, 0.2) is 29.1 Å². The van der Waals surface area contributed by atoms with Gasteiger partial charge in [-0.1, -0.05) is 17.3 Å². The van der Waals surface area contributed by atoms with Crippen LogP contribution in [0.1, 0.15) is 13.8 Å². The second-order valence-electron chi connectivity index (χ2n) is 5.42. The second kappa shape index (κ2) is 5.30. The monoisotopic (exact) mass is 273 g/mol. The van der Waals surface area contributed by atoms with Crippen LogP contribution in [0, 0.1) is 0 Å². The first kappa shape index (κ1) is 13.2. The van der Waals surface area contributed by atoms with E-state index in [0.717, 1.165) is 13.1 Å². The standard InChI is InChI=1S/C14H19N5O/c1-10-7-15-8-11(2)18(10)9-19-14(20)12-5-3-4-6-13(12)16-17-19/h3-6,10-11,15H,7-9H2,1-2H3. The van der Waals surface area contributed by atoms with Crippen LogP contribution < -0.4 is 10.9 Å². The summed E-state index contributed by atoms with van der Waals surface area (Å²) < 4.78 is 1.46. The maximum absolute atomic E-state index is 12.4. The molecule has 20 heavy (non-hydrogen) atoms. The molecule has 2 atom stereocenters. The van der Waals surface area contributed by atoms with Crippen molar-refractivity contribution in [3.63, 3.8) is 0 Å². The molecule has 1 aliphatic rings. The largest absolute Gasteiger partial charge is 0.314 e. The van der Waals surface area contributed by atoms with Crippen LogP contribution >= 0.6 is 0 Å². The summed E-state index contributed by atoms with van der Waals surface area (Å²) in [5.41, 5.74) is 0.573. The van der Waals surface area contributed by atoms with Gasteiger partial charge in [-0.05, 0) is 26.0 Å². The third-order valence-electron chi connectivity index (χ3n) is 3.94. The predicted molar refractivity (Wildman–Crippen MR) is 77.4 cm³/mol. The topological polar surface area (TPSA) is 63.1 Å². The third kappa shape index (κ3) is 2.32. The van der Waals surface area contributed by atoms with Crippen molar-refractivity contribution in [1.82, 2.24) is 25.2 Å². The molecule has 1 saturated heterocycles. The molecule has 106 valence electrons. The number of hydrogen-bond acceptors (Lipinski definition) is 5. The lowest BCUT2D eigenvalue weighted by molar-refractivity contribution is 0.0728. The summed E-state index contributed by atoms with van der Waals surface area (Å²) in [6.45, 7) is 6.66. The van der Waals surface area contributed by atoms with Gasteiger partial charge in [0.1, 0.15) is 5.52 Å². The van der Waals surface area contributed by atoms with Gasteiger partial charge >= 0.3 is 0 Å². The van der Waals surface area contributed by atoms with E-state index in [9.17, 15) is 4.79 Å². The van der Waals surface area contributed by atoms with E-state index >= 15 is 0 Å². The lowest BCUT2D eigenvalue weighted by Gasteiger charge is -2.38. The van der Waals surface area contributed by atoms with Crippen molar-refractivity contribution in [2.75, 3.05) is 13.1 Å². The highest BCUT2D eigenvalue weighted by Crippen LogP contribution is 2.10. The van der Waals surface area contributed by atoms with E-state index in [0.29, 0.717) is 29.7 Å². The summed E-state index contributed by atoms with van der Waals surface area (Å²) >= 11 is 0. The Morgan fingerprint density at radius 1 is 1.25 bits per heavy atom. The summed E-state index contributed by atoms with van der Waals surface area (Å²) in [6, 6.07) is 8.07. The molecule has 2 aromatic rings. The maximum Gasteiger partial charge on any atom is 0.278 e. The molecule has 2 unspecified atom stereocenters.